The lowest BCUT2D eigenvalue weighted by atomic mass is 10.0. The number of nitrogens with one attached hydrogen (secondary N) is 1. The van der Waals surface area contributed by atoms with E-state index >= 15 is 0 Å². The first-order chi connectivity index (χ1) is 21.6. The van der Waals surface area contributed by atoms with Crippen LogP contribution in [0.4, 0.5) is 19.1 Å². The van der Waals surface area contributed by atoms with Gasteiger partial charge >= 0.3 is 6.18 Å². The maximum atomic E-state index is 14.2. The lowest BCUT2D eigenvalue weighted by Crippen LogP contribution is -2.52. The molecule has 4 aliphatic heterocycles. The van der Waals surface area contributed by atoms with Crippen LogP contribution in [0.2, 0.25) is 0 Å². The number of anilines is 1. The standard InChI is InChI=1S/C31H31F3N6O5/c32-31(33,34)24-12-18(11-19-14-35-30(37-27(19)24)39-7-9-44-10-8-39)15-38-6-5-22(17-38)45-21-1-2-23-20(13-21)16-40(29(23)43)25-3-4-26(41)36-28(25)42/h1-2,11-14,22,25H,3-10,15-17H2,(H,36,41,42)/t22-,25-/m0/s1. The lowest BCUT2D eigenvalue weighted by Gasteiger charge is -2.29. The number of imide groups is 1. The van der Waals surface area contributed by atoms with Gasteiger partial charge in [-0.3, -0.25) is 24.6 Å². The minimum Gasteiger partial charge on any atom is -0.489 e. The number of alkyl halides is 3. The van der Waals surface area contributed by atoms with Crippen molar-refractivity contribution in [1.82, 2.24) is 25.1 Å². The van der Waals surface area contributed by atoms with Crippen molar-refractivity contribution < 1.29 is 37.0 Å². The van der Waals surface area contributed by atoms with E-state index in [-0.39, 0.29) is 48.8 Å². The van der Waals surface area contributed by atoms with Crippen molar-refractivity contribution in [3.05, 3.63) is 58.8 Å². The molecule has 2 aromatic carbocycles. The van der Waals surface area contributed by atoms with Gasteiger partial charge in [0.25, 0.3) is 5.91 Å². The minimum absolute atomic E-state index is 0.114. The van der Waals surface area contributed by atoms with Crippen molar-refractivity contribution in [2.45, 2.75) is 50.7 Å². The minimum atomic E-state index is -4.58. The van der Waals surface area contributed by atoms with Gasteiger partial charge in [0.1, 0.15) is 17.9 Å². The summed E-state index contributed by atoms with van der Waals surface area (Å²) in [5.41, 5.74) is 0.863. The highest BCUT2D eigenvalue weighted by atomic mass is 19.4. The molecule has 3 amide bonds. The first-order valence-electron chi connectivity index (χ1n) is 15.0. The quantitative estimate of drug-likeness (QED) is 0.414. The van der Waals surface area contributed by atoms with Crippen molar-refractivity contribution in [1.29, 1.82) is 0 Å². The number of hydrogen-bond donors (Lipinski definition) is 1. The Bertz CT molecular complexity index is 1680. The van der Waals surface area contributed by atoms with Crippen LogP contribution in [-0.2, 0) is 33.6 Å². The van der Waals surface area contributed by atoms with Gasteiger partial charge in [0.15, 0.2) is 0 Å². The molecule has 14 heteroatoms. The summed E-state index contributed by atoms with van der Waals surface area (Å²) in [5, 5.41) is 2.64. The molecule has 3 aromatic rings. The molecule has 2 atom stereocenters. The first kappa shape index (κ1) is 29.4. The summed E-state index contributed by atoms with van der Waals surface area (Å²) in [5.74, 6) is -0.210. The molecule has 0 aliphatic carbocycles. The largest absolute Gasteiger partial charge is 0.489 e. The average Bonchev–Trinajstić information content (AvgIpc) is 3.59. The molecule has 0 bridgehead atoms. The highest BCUT2D eigenvalue weighted by molar-refractivity contribution is 6.05. The molecule has 1 aromatic heterocycles. The van der Waals surface area contributed by atoms with Crippen LogP contribution in [0.15, 0.2) is 36.5 Å². The van der Waals surface area contributed by atoms with Crippen LogP contribution < -0.4 is 15.0 Å². The number of rotatable bonds is 6. The zero-order chi connectivity index (χ0) is 31.3. The predicted molar refractivity (Wildman–Crippen MR) is 154 cm³/mol. The normalized spacial score (nSPS) is 22.7. The number of piperidine rings is 1. The molecule has 0 spiro atoms. The fourth-order valence-corrected chi connectivity index (χ4v) is 6.53. The van der Waals surface area contributed by atoms with Gasteiger partial charge in [-0.15, -0.1) is 0 Å². The Labute approximate surface area is 256 Å². The maximum Gasteiger partial charge on any atom is 0.418 e. The van der Waals surface area contributed by atoms with Crippen LogP contribution in [0.1, 0.15) is 46.3 Å². The summed E-state index contributed by atoms with van der Waals surface area (Å²) < 4.78 is 54.1. The molecule has 1 N–H and O–H groups in total. The highest BCUT2D eigenvalue weighted by Gasteiger charge is 2.39. The van der Waals surface area contributed by atoms with Crippen LogP contribution in [0.5, 0.6) is 5.75 Å². The molecular weight excluding hydrogens is 593 g/mol. The second-order valence-corrected chi connectivity index (χ2v) is 11.8. The number of carbonyl (C=O) groups is 3. The number of ether oxygens (including phenoxy) is 2. The third kappa shape index (κ3) is 5.91. The van der Waals surface area contributed by atoms with Crippen LogP contribution in [-0.4, -0.2) is 89.0 Å². The summed E-state index contributed by atoms with van der Waals surface area (Å²) in [7, 11) is 0. The Morgan fingerprint density at radius 2 is 1.87 bits per heavy atom. The molecule has 11 nitrogen and oxygen atoms in total. The number of halogens is 3. The third-order valence-corrected chi connectivity index (χ3v) is 8.76. The number of likely N-dealkylation sites (tertiary alicyclic amines) is 1. The van der Waals surface area contributed by atoms with Crippen molar-refractivity contribution >= 4 is 34.6 Å². The van der Waals surface area contributed by atoms with Crippen LogP contribution >= 0.6 is 0 Å². The van der Waals surface area contributed by atoms with Gasteiger partial charge in [-0.25, -0.2) is 9.97 Å². The number of hydrogen-bond acceptors (Lipinski definition) is 9. The predicted octanol–water partition coefficient (Wildman–Crippen LogP) is 2.90. The van der Waals surface area contributed by atoms with E-state index in [2.05, 4.69) is 20.2 Å². The van der Waals surface area contributed by atoms with Gasteiger partial charge in [-0.2, -0.15) is 13.2 Å². The van der Waals surface area contributed by atoms with Crippen LogP contribution in [0, 0.1) is 0 Å². The van der Waals surface area contributed by atoms with Gasteiger partial charge in [-0.05, 0) is 54.3 Å². The first-order valence-corrected chi connectivity index (χ1v) is 15.0. The molecule has 0 unspecified atom stereocenters. The molecule has 0 radical (unpaired) electrons. The number of carbonyl (C=O) groups excluding carboxylic acids is 3. The summed E-state index contributed by atoms with van der Waals surface area (Å²) in [6.07, 6.45) is -2.15. The molecule has 5 heterocycles. The van der Waals surface area contributed by atoms with Crippen molar-refractivity contribution in [2.75, 3.05) is 44.3 Å². The van der Waals surface area contributed by atoms with Crippen molar-refractivity contribution in [2.24, 2.45) is 0 Å². The third-order valence-electron chi connectivity index (χ3n) is 8.76. The summed E-state index contributed by atoms with van der Waals surface area (Å²) >= 11 is 0. The molecule has 3 fully saturated rings. The summed E-state index contributed by atoms with van der Waals surface area (Å²) in [6, 6.07) is 7.41. The Morgan fingerprint density at radius 3 is 2.64 bits per heavy atom. The smallest absolute Gasteiger partial charge is 0.418 e. The second kappa shape index (κ2) is 11.6. The van der Waals surface area contributed by atoms with Gasteiger partial charge in [0, 0.05) is 62.8 Å². The number of nitrogens with zero attached hydrogens (tertiary/aromatic N) is 5. The molecular formula is C31H31F3N6O5. The highest BCUT2D eigenvalue weighted by Crippen LogP contribution is 2.36. The Hall–Kier alpha value is -4.30. The molecule has 236 valence electrons. The lowest BCUT2D eigenvalue weighted by molar-refractivity contribution is -0.137. The monoisotopic (exact) mass is 624 g/mol. The number of amides is 3. The van der Waals surface area contributed by atoms with E-state index < -0.39 is 23.7 Å². The number of fused-ring (bicyclic) bond motifs is 2. The Morgan fingerprint density at radius 1 is 1.04 bits per heavy atom. The molecule has 45 heavy (non-hydrogen) atoms. The molecule has 3 saturated heterocycles. The second-order valence-electron chi connectivity index (χ2n) is 11.8. The van der Waals surface area contributed by atoms with Gasteiger partial charge < -0.3 is 19.3 Å². The molecule has 7 rings (SSSR count). The summed E-state index contributed by atoms with van der Waals surface area (Å²) in [4.78, 5) is 50.9. The maximum absolute atomic E-state index is 14.2. The van der Waals surface area contributed by atoms with Crippen molar-refractivity contribution in [3.8, 4) is 5.75 Å². The van der Waals surface area contributed by atoms with E-state index in [4.69, 9.17) is 9.47 Å². The van der Waals surface area contributed by atoms with E-state index in [0.717, 1.165) is 5.56 Å². The average molecular weight is 625 g/mol. The van der Waals surface area contributed by atoms with Gasteiger partial charge in [0.05, 0.1) is 24.3 Å². The Balaban J connectivity index is 1.02. The topological polar surface area (TPSA) is 117 Å². The van der Waals surface area contributed by atoms with Crippen LogP contribution in [0.3, 0.4) is 0 Å². The fourth-order valence-electron chi connectivity index (χ4n) is 6.53. The van der Waals surface area contributed by atoms with Gasteiger partial charge in [-0.1, -0.05) is 0 Å². The van der Waals surface area contributed by atoms with E-state index in [1.165, 1.54) is 17.2 Å². The number of morpholine rings is 1. The molecule has 0 saturated carbocycles. The van der Waals surface area contributed by atoms with E-state index in [1.54, 1.807) is 24.3 Å². The Kier molecular flexibility index (Phi) is 7.56. The van der Waals surface area contributed by atoms with E-state index in [1.807, 2.05) is 4.90 Å². The number of aromatic nitrogens is 2. The zero-order valence-corrected chi connectivity index (χ0v) is 24.3. The van der Waals surface area contributed by atoms with Gasteiger partial charge in [0.2, 0.25) is 17.8 Å². The number of benzene rings is 2. The van der Waals surface area contributed by atoms with E-state index in [0.29, 0.717) is 74.6 Å². The zero-order valence-electron chi connectivity index (χ0n) is 24.3. The van der Waals surface area contributed by atoms with Crippen LogP contribution in [0.25, 0.3) is 10.9 Å². The SMILES string of the molecule is O=C1CC[C@H](N2Cc3cc(O[C@H]4CCN(Cc5cc(C(F)(F)F)c6nc(N7CCOCC7)ncc6c5)C4)ccc3C2=O)C(=O)N1. The van der Waals surface area contributed by atoms with E-state index in [9.17, 15) is 27.6 Å². The molecule has 4 aliphatic rings. The fraction of sp³-hybridized carbons (Fsp3) is 0.452. The summed E-state index contributed by atoms with van der Waals surface area (Å²) in [6.45, 7) is 3.71. The van der Waals surface area contributed by atoms with Crippen molar-refractivity contribution in [3.63, 3.8) is 0 Å².